The van der Waals surface area contributed by atoms with Gasteiger partial charge in [0.05, 0.1) is 23.7 Å². The van der Waals surface area contributed by atoms with Crippen molar-refractivity contribution in [2.45, 2.75) is 43.6 Å². The third-order valence-electron chi connectivity index (χ3n) is 8.37. The molecule has 6 nitrogen and oxygen atoms in total. The molecule has 3 heterocycles. The number of amides is 1. The van der Waals surface area contributed by atoms with Crippen LogP contribution in [0.25, 0.3) is 22.2 Å². The Morgan fingerprint density at radius 1 is 1.06 bits per heavy atom. The number of methoxy groups -OCH3 is 1. The van der Waals surface area contributed by atoms with Crippen LogP contribution in [0.4, 0.5) is 5.69 Å². The Morgan fingerprint density at radius 2 is 1.94 bits per heavy atom. The number of benzene rings is 3. The highest BCUT2D eigenvalue weighted by Gasteiger charge is 2.65. The first-order valence-electron chi connectivity index (χ1n) is 13.0. The Balaban J connectivity index is 1.18. The van der Waals surface area contributed by atoms with Gasteiger partial charge < -0.3 is 10.1 Å². The number of carbonyl (C=O) groups is 1. The van der Waals surface area contributed by atoms with Gasteiger partial charge in [0, 0.05) is 29.1 Å². The summed E-state index contributed by atoms with van der Waals surface area (Å²) >= 11 is 0. The van der Waals surface area contributed by atoms with Crippen LogP contribution < -0.4 is 10.1 Å². The van der Waals surface area contributed by atoms with Crippen molar-refractivity contribution in [3.05, 3.63) is 77.4 Å². The van der Waals surface area contributed by atoms with E-state index >= 15 is 0 Å². The van der Waals surface area contributed by atoms with Crippen molar-refractivity contribution in [2.75, 3.05) is 25.5 Å². The Labute approximate surface area is 210 Å². The second-order valence-corrected chi connectivity index (χ2v) is 10.5. The largest absolute Gasteiger partial charge is 0.497 e. The highest BCUT2D eigenvalue weighted by atomic mass is 16.5. The summed E-state index contributed by atoms with van der Waals surface area (Å²) in [5, 5.41) is 12.2. The van der Waals surface area contributed by atoms with Gasteiger partial charge in [0.15, 0.2) is 0 Å². The van der Waals surface area contributed by atoms with Gasteiger partial charge in [-0.25, -0.2) is 0 Å². The summed E-state index contributed by atoms with van der Waals surface area (Å²) in [7, 11) is 1.66. The lowest BCUT2D eigenvalue weighted by molar-refractivity contribution is -0.118. The Hall–Kier alpha value is -3.64. The molecule has 1 aromatic heterocycles. The fraction of sp³-hybridized carbons (Fsp3) is 0.333. The lowest BCUT2D eigenvalue weighted by Gasteiger charge is -2.26. The number of H-pyrrole nitrogens is 1. The van der Waals surface area contributed by atoms with Gasteiger partial charge in [-0.1, -0.05) is 36.8 Å². The van der Waals surface area contributed by atoms with Gasteiger partial charge in [-0.3, -0.25) is 14.8 Å². The molecule has 3 aliphatic rings. The number of anilines is 1. The molecule has 2 fully saturated rings. The number of likely N-dealkylation sites (tertiary alicyclic amines) is 1. The van der Waals surface area contributed by atoms with Gasteiger partial charge in [-0.2, -0.15) is 5.10 Å². The molecule has 1 saturated carbocycles. The minimum atomic E-state index is -0.497. The molecule has 4 aromatic rings. The summed E-state index contributed by atoms with van der Waals surface area (Å²) in [4.78, 5) is 15.6. The molecule has 2 unspecified atom stereocenters. The summed E-state index contributed by atoms with van der Waals surface area (Å²) < 4.78 is 5.44. The first-order valence-corrected chi connectivity index (χ1v) is 13.0. The summed E-state index contributed by atoms with van der Waals surface area (Å²) in [6.07, 6.45) is 4.76. The summed E-state index contributed by atoms with van der Waals surface area (Å²) in [6, 6.07) is 21.1. The van der Waals surface area contributed by atoms with Crippen LogP contribution in [0, 0.1) is 0 Å². The molecule has 3 aromatic carbocycles. The zero-order valence-corrected chi connectivity index (χ0v) is 20.5. The molecule has 1 amide bonds. The zero-order chi connectivity index (χ0) is 24.3. The van der Waals surface area contributed by atoms with Crippen molar-refractivity contribution in [3.63, 3.8) is 0 Å². The Kier molecular flexibility index (Phi) is 4.93. The number of nitrogens with one attached hydrogen (secondary N) is 2. The van der Waals surface area contributed by atoms with Crippen LogP contribution >= 0.6 is 0 Å². The molecule has 0 radical (unpaired) electrons. The number of aromatic nitrogens is 2. The lowest BCUT2D eigenvalue weighted by Crippen LogP contribution is -2.29. The van der Waals surface area contributed by atoms with Gasteiger partial charge in [0.25, 0.3) is 0 Å². The topological polar surface area (TPSA) is 70.2 Å². The van der Waals surface area contributed by atoms with E-state index in [4.69, 9.17) is 9.84 Å². The van der Waals surface area contributed by atoms with Crippen molar-refractivity contribution in [2.24, 2.45) is 0 Å². The molecule has 0 bridgehead atoms. The fourth-order valence-electron chi connectivity index (χ4n) is 6.37. The third-order valence-corrected chi connectivity index (χ3v) is 8.37. The lowest BCUT2D eigenvalue weighted by atomic mass is 9.91. The maximum atomic E-state index is 13.1. The van der Waals surface area contributed by atoms with E-state index in [0.717, 1.165) is 52.1 Å². The van der Waals surface area contributed by atoms with E-state index in [1.165, 1.54) is 43.5 Å². The smallest absolute Gasteiger partial charge is 0.235 e. The second kappa shape index (κ2) is 8.20. The summed E-state index contributed by atoms with van der Waals surface area (Å²) in [5.41, 5.74) is 7.09. The number of piperidine rings is 1. The predicted octanol–water partition coefficient (Wildman–Crippen LogP) is 5.60. The first kappa shape index (κ1) is 21.6. The van der Waals surface area contributed by atoms with Gasteiger partial charge in [0.1, 0.15) is 5.75 Å². The molecule has 7 rings (SSSR count). The summed E-state index contributed by atoms with van der Waals surface area (Å²) in [6.45, 7) is 3.38. The second-order valence-electron chi connectivity index (χ2n) is 10.5. The van der Waals surface area contributed by atoms with E-state index in [1.807, 2.05) is 18.2 Å². The minimum Gasteiger partial charge on any atom is -0.497 e. The molecule has 2 N–H and O–H groups in total. The molecule has 182 valence electrons. The van der Waals surface area contributed by atoms with Crippen LogP contribution in [0.2, 0.25) is 0 Å². The monoisotopic (exact) mass is 478 g/mol. The average Bonchev–Trinajstić information content (AvgIpc) is 3.43. The quantitative estimate of drug-likeness (QED) is 0.392. The maximum Gasteiger partial charge on any atom is 0.235 e. The highest BCUT2D eigenvalue weighted by Crippen LogP contribution is 2.65. The number of hydrogen-bond acceptors (Lipinski definition) is 4. The number of aromatic amines is 1. The first-order chi connectivity index (χ1) is 17.7. The van der Waals surface area contributed by atoms with Crippen molar-refractivity contribution in [1.29, 1.82) is 0 Å². The number of fused-ring (bicyclic) bond motifs is 3. The molecular weight excluding hydrogens is 448 g/mol. The van der Waals surface area contributed by atoms with Crippen LogP contribution in [0.3, 0.4) is 0 Å². The molecular formula is C30H30N4O2. The van der Waals surface area contributed by atoms with Gasteiger partial charge >= 0.3 is 0 Å². The van der Waals surface area contributed by atoms with Crippen LogP contribution in [0.15, 0.2) is 60.7 Å². The number of nitrogens with zero attached hydrogens (tertiary/aromatic N) is 2. The van der Waals surface area contributed by atoms with Crippen molar-refractivity contribution in [3.8, 4) is 17.0 Å². The minimum absolute atomic E-state index is 0.0895. The number of hydrogen-bond donors (Lipinski definition) is 2. The number of carbonyl (C=O) groups excluding carboxylic acids is 1. The molecule has 2 aliphatic heterocycles. The van der Waals surface area contributed by atoms with Crippen LogP contribution in [-0.2, 0) is 16.8 Å². The van der Waals surface area contributed by atoms with E-state index < -0.39 is 5.41 Å². The van der Waals surface area contributed by atoms with E-state index in [-0.39, 0.29) is 11.8 Å². The summed E-state index contributed by atoms with van der Waals surface area (Å²) in [5.74, 6) is 1.02. The highest BCUT2D eigenvalue weighted by molar-refractivity contribution is 6.10. The molecule has 6 heteroatoms. The Bertz CT molecular complexity index is 1490. The van der Waals surface area contributed by atoms with Crippen molar-refractivity contribution >= 4 is 22.5 Å². The molecule has 1 aliphatic carbocycles. The van der Waals surface area contributed by atoms with E-state index in [1.54, 1.807) is 7.11 Å². The Morgan fingerprint density at radius 3 is 2.81 bits per heavy atom. The zero-order valence-electron chi connectivity index (χ0n) is 20.5. The number of ether oxygens (including phenoxy) is 1. The van der Waals surface area contributed by atoms with Gasteiger partial charge in [-0.05, 0) is 79.4 Å². The maximum absolute atomic E-state index is 13.1. The molecule has 2 atom stereocenters. The van der Waals surface area contributed by atoms with Gasteiger partial charge in [-0.15, -0.1) is 0 Å². The normalized spacial score (nSPS) is 23.1. The third kappa shape index (κ3) is 3.35. The van der Waals surface area contributed by atoms with E-state index in [2.05, 4.69) is 57.8 Å². The van der Waals surface area contributed by atoms with Crippen molar-refractivity contribution < 1.29 is 9.53 Å². The van der Waals surface area contributed by atoms with Crippen LogP contribution in [-0.4, -0.2) is 41.2 Å². The van der Waals surface area contributed by atoms with E-state index in [0.29, 0.717) is 0 Å². The van der Waals surface area contributed by atoms with Gasteiger partial charge in [0.2, 0.25) is 5.91 Å². The van der Waals surface area contributed by atoms with Crippen LogP contribution in [0.5, 0.6) is 5.75 Å². The van der Waals surface area contributed by atoms with Crippen LogP contribution in [0.1, 0.15) is 48.3 Å². The molecule has 36 heavy (non-hydrogen) atoms. The SMILES string of the molecule is COc1ccc2c(c1)C1(CC1c1ccc3c(-c4cccc(CN5CCCCC5)c4)n[nH]c3c1)C(=O)N2. The molecule has 1 spiro atoms. The molecule has 1 saturated heterocycles. The van der Waals surface area contributed by atoms with Crippen molar-refractivity contribution in [1.82, 2.24) is 15.1 Å². The van der Waals surface area contributed by atoms with E-state index in [9.17, 15) is 4.79 Å². The average molecular weight is 479 g/mol. The standard InChI is InChI=1S/C30H30N4O2/c1-36-22-9-11-26-24(16-22)30(29(35)31-26)17-25(30)20-8-10-23-27(15-20)32-33-28(23)21-7-5-6-19(14-21)18-34-12-3-2-4-13-34/h5-11,14-16,25H,2-4,12-13,17-18H2,1H3,(H,31,35)(H,32,33). The number of rotatable bonds is 5. The fourth-order valence-corrected chi connectivity index (χ4v) is 6.37. The predicted molar refractivity (Wildman–Crippen MR) is 141 cm³/mol.